The number of rotatable bonds is 3. The number of nitrogens with one attached hydrogen (secondary N) is 1. The van der Waals surface area contributed by atoms with Crippen LogP contribution in [0.25, 0.3) is 0 Å². The molecular formula is C15H23BN2O2. The van der Waals surface area contributed by atoms with Crippen molar-refractivity contribution < 1.29 is 9.31 Å². The first kappa shape index (κ1) is 13.9. The minimum absolute atomic E-state index is 0.320. The lowest BCUT2D eigenvalue weighted by molar-refractivity contribution is 0.00578. The van der Waals surface area contributed by atoms with E-state index in [0.717, 1.165) is 17.0 Å². The average Bonchev–Trinajstić information content (AvgIpc) is 3.07. The van der Waals surface area contributed by atoms with E-state index in [1.54, 1.807) is 0 Å². The van der Waals surface area contributed by atoms with Crippen molar-refractivity contribution in [1.29, 1.82) is 0 Å². The summed E-state index contributed by atoms with van der Waals surface area (Å²) in [5.41, 5.74) is 1.37. The fraction of sp³-hybridized carbons (Fsp3) is 0.667. The van der Waals surface area contributed by atoms with Gasteiger partial charge < -0.3 is 14.6 Å². The Labute approximate surface area is 121 Å². The van der Waals surface area contributed by atoms with Gasteiger partial charge in [-0.05, 0) is 53.5 Å². The van der Waals surface area contributed by atoms with E-state index in [1.807, 2.05) is 13.0 Å². The quantitative estimate of drug-likeness (QED) is 0.859. The summed E-state index contributed by atoms with van der Waals surface area (Å²) in [6, 6.07) is 4.64. The molecule has 2 heterocycles. The second-order valence-electron chi connectivity index (χ2n) is 6.90. The van der Waals surface area contributed by atoms with Gasteiger partial charge in [0.1, 0.15) is 5.82 Å². The highest BCUT2D eigenvalue weighted by molar-refractivity contribution is 6.63. The SMILES string of the molecule is Cc1ccc(B2OC(C)(C)C(C)(C)O2)c(NC2CC2)n1. The Hall–Kier alpha value is -1.07. The maximum atomic E-state index is 6.13. The largest absolute Gasteiger partial charge is 0.498 e. The lowest BCUT2D eigenvalue weighted by atomic mass is 9.79. The van der Waals surface area contributed by atoms with Crippen LogP contribution < -0.4 is 10.8 Å². The fourth-order valence-electron chi connectivity index (χ4n) is 2.26. The van der Waals surface area contributed by atoms with Gasteiger partial charge >= 0.3 is 7.12 Å². The summed E-state index contributed by atoms with van der Waals surface area (Å²) in [6.45, 7) is 10.3. The van der Waals surface area contributed by atoms with Crippen molar-refractivity contribution in [2.75, 3.05) is 5.32 Å². The van der Waals surface area contributed by atoms with Gasteiger partial charge in [0.25, 0.3) is 0 Å². The minimum Gasteiger partial charge on any atom is -0.399 e. The molecule has 1 saturated carbocycles. The highest BCUT2D eigenvalue weighted by Gasteiger charge is 2.52. The zero-order valence-electron chi connectivity index (χ0n) is 13.0. The molecule has 108 valence electrons. The Morgan fingerprint density at radius 1 is 1.15 bits per heavy atom. The van der Waals surface area contributed by atoms with Gasteiger partial charge in [0.2, 0.25) is 0 Å². The van der Waals surface area contributed by atoms with E-state index in [4.69, 9.17) is 9.31 Å². The van der Waals surface area contributed by atoms with Gasteiger partial charge in [0.15, 0.2) is 0 Å². The molecule has 1 aliphatic carbocycles. The Morgan fingerprint density at radius 2 is 1.75 bits per heavy atom. The summed E-state index contributed by atoms with van der Waals surface area (Å²) in [5, 5.41) is 3.49. The summed E-state index contributed by atoms with van der Waals surface area (Å²) in [5.74, 6) is 0.908. The molecule has 20 heavy (non-hydrogen) atoms. The molecule has 0 spiro atoms. The highest BCUT2D eigenvalue weighted by Crippen LogP contribution is 2.37. The van der Waals surface area contributed by atoms with Gasteiger partial charge in [-0.2, -0.15) is 0 Å². The number of pyridine rings is 1. The summed E-state index contributed by atoms with van der Waals surface area (Å²) < 4.78 is 12.3. The number of aryl methyl sites for hydroxylation is 1. The van der Waals surface area contributed by atoms with Crippen LogP contribution in [0.3, 0.4) is 0 Å². The topological polar surface area (TPSA) is 43.4 Å². The van der Waals surface area contributed by atoms with E-state index in [1.165, 1.54) is 12.8 Å². The van der Waals surface area contributed by atoms with Crippen molar-refractivity contribution in [3.05, 3.63) is 17.8 Å². The lowest BCUT2D eigenvalue weighted by Gasteiger charge is -2.32. The van der Waals surface area contributed by atoms with Gasteiger partial charge in [0.05, 0.1) is 11.2 Å². The summed E-state index contributed by atoms with van der Waals surface area (Å²) >= 11 is 0. The Morgan fingerprint density at radius 3 is 2.30 bits per heavy atom. The smallest absolute Gasteiger partial charge is 0.399 e. The van der Waals surface area contributed by atoms with Crippen molar-refractivity contribution in [2.45, 2.75) is 64.7 Å². The second-order valence-corrected chi connectivity index (χ2v) is 6.90. The normalized spacial score (nSPS) is 23.9. The zero-order chi connectivity index (χ0) is 14.5. The first-order valence-electron chi connectivity index (χ1n) is 7.38. The first-order valence-corrected chi connectivity index (χ1v) is 7.38. The summed E-state index contributed by atoms with van der Waals surface area (Å²) in [7, 11) is -0.352. The molecule has 3 rings (SSSR count). The van der Waals surface area contributed by atoms with Gasteiger partial charge in [-0.3, -0.25) is 0 Å². The number of anilines is 1. The molecule has 0 amide bonds. The van der Waals surface area contributed by atoms with Crippen LogP contribution >= 0.6 is 0 Å². The van der Waals surface area contributed by atoms with E-state index in [-0.39, 0.29) is 18.3 Å². The van der Waals surface area contributed by atoms with Gasteiger partial charge in [-0.15, -0.1) is 0 Å². The molecule has 0 aromatic carbocycles. The molecule has 1 N–H and O–H groups in total. The van der Waals surface area contributed by atoms with Gasteiger partial charge in [0, 0.05) is 17.2 Å². The molecule has 2 aliphatic rings. The van der Waals surface area contributed by atoms with Crippen molar-refractivity contribution in [2.24, 2.45) is 0 Å². The third-order valence-electron chi connectivity index (χ3n) is 4.49. The third-order valence-corrected chi connectivity index (χ3v) is 4.49. The number of nitrogens with zero attached hydrogens (tertiary/aromatic N) is 1. The van der Waals surface area contributed by atoms with E-state index in [9.17, 15) is 0 Å². The van der Waals surface area contributed by atoms with Crippen LogP contribution in [0.1, 0.15) is 46.2 Å². The molecule has 0 radical (unpaired) electrons. The molecule has 0 bridgehead atoms. The molecule has 1 aliphatic heterocycles. The predicted molar refractivity (Wildman–Crippen MR) is 81.3 cm³/mol. The lowest BCUT2D eigenvalue weighted by Crippen LogP contribution is -2.41. The third kappa shape index (κ3) is 2.45. The van der Waals surface area contributed by atoms with Crippen molar-refractivity contribution in [1.82, 2.24) is 4.98 Å². The van der Waals surface area contributed by atoms with Crippen molar-refractivity contribution in [3.63, 3.8) is 0 Å². The predicted octanol–water partition coefficient (Wildman–Crippen LogP) is 2.26. The fourth-order valence-corrected chi connectivity index (χ4v) is 2.26. The van der Waals surface area contributed by atoms with E-state index in [0.29, 0.717) is 6.04 Å². The average molecular weight is 274 g/mol. The molecule has 1 aromatic heterocycles. The van der Waals surface area contributed by atoms with Gasteiger partial charge in [-0.25, -0.2) is 4.98 Å². The molecule has 0 unspecified atom stereocenters. The summed E-state index contributed by atoms with van der Waals surface area (Å²) in [4.78, 5) is 4.62. The van der Waals surface area contributed by atoms with E-state index < -0.39 is 0 Å². The Bertz CT molecular complexity index is 511. The van der Waals surface area contributed by atoms with Crippen LogP contribution in [0, 0.1) is 6.92 Å². The maximum absolute atomic E-state index is 6.13. The molecule has 1 aromatic rings. The second kappa shape index (κ2) is 4.47. The monoisotopic (exact) mass is 274 g/mol. The molecule has 4 nitrogen and oxygen atoms in total. The van der Waals surface area contributed by atoms with E-state index >= 15 is 0 Å². The Balaban J connectivity index is 1.90. The molecule has 2 fully saturated rings. The van der Waals surface area contributed by atoms with E-state index in [2.05, 4.69) is 44.1 Å². The molecule has 0 atom stereocenters. The van der Waals surface area contributed by atoms with Crippen LogP contribution in [0.15, 0.2) is 12.1 Å². The van der Waals surface area contributed by atoms with Crippen LogP contribution in [-0.2, 0) is 9.31 Å². The minimum atomic E-state index is -0.352. The first-order chi connectivity index (χ1) is 9.28. The molecule has 1 saturated heterocycles. The van der Waals surface area contributed by atoms with Crippen LogP contribution in [0.4, 0.5) is 5.82 Å². The molecule has 5 heteroatoms. The number of hydrogen-bond acceptors (Lipinski definition) is 4. The highest BCUT2D eigenvalue weighted by atomic mass is 16.7. The Kier molecular flexibility index (Phi) is 3.10. The van der Waals surface area contributed by atoms with Crippen molar-refractivity contribution in [3.8, 4) is 0 Å². The zero-order valence-corrected chi connectivity index (χ0v) is 13.0. The van der Waals surface area contributed by atoms with Crippen LogP contribution in [0.5, 0.6) is 0 Å². The van der Waals surface area contributed by atoms with Crippen LogP contribution in [0.2, 0.25) is 0 Å². The maximum Gasteiger partial charge on any atom is 0.498 e. The summed E-state index contributed by atoms with van der Waals surface area (Å²) in [6.07, 6.45) is 2.44. The van der Waals surface area contributed by atoms with Crippen LogP contribution in [-0.4, -0.2) is 29.3 Å². The van der Waals surface area contributed by atoms with Crippen molar-refractivity contribution >= 4 is 18.4 Å². The number of aromatic nitrogens is 1. The standard InChI is InChI=1S/C15H23BN2O2/c1-10-6-9-12(13(17-10)18-11-7-8-11)16-19-14(2,3)15(4,5)20-16/h6,9,11H,7-8H2,1-5H3,(H,17,18). The molecular weight excluding hydrogens is 251 g/mol. The van der Waals surface area contributed by atoms with Gasteiger partial charge in [-0.1, -0.05) is 6.07 Å². The number of hydrogen-bond donors (Lipinski definition) is 1.